The first-order valence-corrected chi connectivity index (χ1v) is 3.46. The number of rotatable bonds is 1. The summed E-state index contributed by atoms with van der Waals surface area (Å²) in [5, 5.41) is 9.07. The molecule has 1 aliphatic carbocycles. The van der Waals surface area contributed by atoms with Gasteiger partial charge in [-0.05, 0) is 6.92 Å². The molecule has 0 heterocycles. The van der Waals surface area contributed by atoms with Crippen molar-refractivity contribution in [2.24, 2.45) is 0 Å². The third-order valence-electron chi connectivity index (χ3n) is 1.46. The summed E-state index contributed by atoms with van der Waals surface area (Å²) in [5.74, 6) is 0.0139. The number of aliphatic hydroxyl groups is 1. The lowest BCUT2D eigenvalue weighted by Gasteiger charge is -1.93. The van der Waals surface area contributed by atoms with Gasteiger partial charge in [-0.15, -0.1) is 0 Å². The van der Waals surface area contributed by atoms with E-state index in [1.807, 2.05) is 0 Å². The average molecular weight is 150 g/mol. The maximum absolute atomic E-state index is 10.8. The van der Waals surface area contributed by atoms with Crippen LogP contribution in [0.2, 0.25) is 0 Å². The Balaban J connectivity index is 2.85. The van der Waals surface area contributed by atoms with Crippen molar-refractivity contribution < 1.29 is 9.90 Å². The van der Waals surface area contributed by atoms with E-state index in [2.05, 4.69) is 0 Å². The van der Waals surface area contributed by atoms with Gasteiger partial charge in [-0.2, -0.15) is 0 Å². The molecule has 58 valence electrons. The smallest absolute Gasteiger partial charge is 0.159 e. The van der Waals surface area contributed by atoms with Crippen LogP contribution in [0.1, 0.15) is 6.92 Å². The van der Waals surface area contributed by atoms with Crippen LogP contribution in [0.25, 0.3) is 0 Å². The largest absolute Gasteiger partial charge is 0.385 e. The van der Waals surface area contributed by atoms with Crippen molar-refractivity contribution in [3.8, 4) is 0 Å². The van der Waals surface area contributed by atoms with E-state index in [0.717, 1.165) is 0 Å². The fourth-order valence-corrected chi connectivity index (χ4v) is 0.830. The van der Waals surface area contributed by atoms with Gasteiger partial charge in [0.1, 0.15) is 0 Å². The normalized spacial score (nSPS) is 22.7. The molecular weight excluding hydrogens is 140 g/mol. The highest BCUT2D eigenvalue weighted by Gasteiger charge is 2.01. The Morgan fingerprint density at radius 2 is 2.27 bits per heavy atom. The highest BCUT2D eigenvalue weighted by Crippen LogP contribution is 2.05. The lowest BCUT2D eigenvalue weighted by Crippen LogP contribution is -1.95. The number of carbonyl (C=O) groups excluding carboxylic acids is 1. The molecule has 0 radical (unpaired) electrons. The molecular formula is C9H10O2. The lowest BCUT2D eigenvalue weighted by atomic mass is 10.1. The second-order valence-electron chi connectivity index (χ2n) is 2.41. The minimum Gasteiger partial charge on any atom is -0.385 e. The molecule has 1 rings (SSSR count). The number of hydrogen-bond acceptors (Lipinski definition) is 2. The van der Waals surface area contributed by atoms with E-state index in [-0.39, 0.29) is 5.78 Å². The minimum atomic E-state index is -0.567. The average Bonchev–Trinajstić information content (AvgIpc) is 2.13. The Kier molecular flexibility index (Phi) is 2.39. The van der Waals surface area contributed by atoms with E-state index in [4.69, 9.17) is 5.11 Å². The van der Waals surface area contributed by atoms with Crippen LogP contribution in [-0.2, 0) is 4.79 Å². The predicted molar refractivity (Wildman–Crippen MR) is 43.1 cm³/mol. The summed E-state index contributed by atoms with van der Waals surface area (Å²) in [5.41, 5.74) is 0.623. The number of ketones is 1. The van der Waals surface area contributed by atoms with Crippen LogP contribution in [0.4, 0.5) is 0 Å². The Hall–Kier alpha value is -1.15. The molecule has 0 aromatic rings. The first-order chi connectivity index (χ1) is 5.20. The fraction of sp³-hybridized carbons (Fsp3) is 0.222. The van der Waals surface area contributed by atoms with E-state index >= 15 is 0 Å². The first-order valence-electron chi connectivity index (χ1n) is 3.46. The molecule has 2 heteroatoms. The summed E-state index contributed by atoms with van der Waals surface area (Å²) in [6.07, 6.45) is 7.63. The van der Waals surface area contributed by atoms with Crippen molar-refractivity contribution >= 4 is 5.78 Å². The van der Waals surface area contributed by atoms with Gasteiger partial charge in [-0.25, -0.2) is 0 Å². The third kappa shape index (κ3) is 2.16. The zero-order chi connectivity index (χ0) is 8.27. The lowest BCUT2D eigenvalue weighted by molar-refractivity contribution is -0.113. The Morgan fingerprint density at radius 3 is 2.91 bits per heavy atom. The van der Waals surface area contributed by atoms with Gasteiger partial charge in [0.05, 0.1) is 6.10 Å². The molecule has 0 spiro atoms. The van der Waals surface area contributed by atoms with Gasteiger partial charge in [-0.3, -0.25) is 4.79 Å². The fourth-order valence-electron chi connectivity index (χ4n) is 0.830. The van der Waals surface area contributed by atoms with Gasteiger partial charge in [0.25, 0.3) is 0 Å². The molecule has 11 heavy (non-hydrogen) atoms. The van der Waals surface area contributed by atoms with Crippen molar-refractivity contribution in [3.63, 3.8) is 0 Å². The molecule has 0 saturated heterocycles. The summed E-state index contributed by atoms with van der Waals surface area (Å²) < 4.78 is 0. The summed E-state index contributed by atoms with van der Waals surface area (Å²) >= 11 is 0. The molecule has 0 aromatic carbocycles. The van der Waals surface area contributed by atoms with Gasteiger partial charge >= 0.3 is 0 Å². The molecule has 0 bridgehead atoms. The first kappa shape index (κ1) is 7.95. The van der Waals surface area contributed by atoms with E-state index in [0.29, 0.717) is 5.57 Å². The molecule has 0 aliphatic heterocycles. The molecule has 0 amide bonds. The zero-order valence-electron chi connectivity index (χ0n) is 6.32. The van der Waals surface area contributed by atoms with Gasteiger partial charge in [0.2, 0.25) is 0 Å². The monoisotopic (exact) mass is 150 g/mol. The SMILES string of the molecule is CC(=O)C1=CC=CC(O)C=C1. The highest BCUT2D eigenvalue weighted by atomic mass is 16.3. The molecule has 0 fully saturated rings. The van der Waals surface area contributed by atoms with Gasteiger partial charge in [0, 0.05) is 5.57 Å². The van der Waals surface area contributed by atoms with Crippen LogP contribution in [0.15, 0.2) is 36.0 Å². The Labute approximate surface area is 65.5 Å². The van der Waals surface area contributed by atoms with Crippen molar-refractivity contribution in [3.05, 3.63) is 36.0 Å². The van der Waals surface area contributed by atoms with Crippen LogP contribution < -0.4 is 0 Å². The van der Waals surface area contributed by atoms with Crippen molar-refractivity contribution in [1.82, 2.24) is 0 Å². The molecule has 1 atom stereocenters. The van der Waals surface area contributed by atoms with Gasteiger partial charge < -0.3 is 5.11 Å². The van der Waals surface area contributed by atoms with E-state index < -0.39 is 6.10 Å². The number of allylic oxidation sites excluding steroid dienone is 4. The number of aliphatic hydroxyl groups excluding tert-OH is 1. The Bertz CT molecular complexity index is 246. The van der Waals surface area contributed by atoms with Gasteiger partial charge in [-0.1, -0.05) is 30.4 Å². The van der Waals surface area contributed by atoms with Crippen molar-refractivity contribution in [2.75, 3.05) is 0 Å². The molecule has 2 nitrogen and oxygen atoms in total. The quantitative estimate of drug-likeness (QED) is 0.605. The minimum absolute atomic E-state index is 0.0139. The summed E-state index contributed by atoms with van der Waals surface area (Å²) in [6.45, 7) is 1.50. The highest BCUT2D eigenvalue weighted by molar-refractivity contribution is 5.96. The van der Waals surface area contributed by atoms with E-state index in [1.54, 1.807) is 30.4 Å². The van der Waals surface area contributed by atoms with Gasteiger partial charge in [0.15, 0.2) is 5.78 Å². The number of carbonyl (C=O) groups is 1. The van der Waals surface area contributed by atoms with Crippen LogP contribution in [-0.4, -0.2) is 17.0 Å². The summed E-state index contributed by atoms with van der Waals surface area (Å²) in [4.78, 5) is 10.8. The molecule has 1 aliphatic rings. The second-order valence-corrected chi connectivity index (χ2v) is 2.41. The number of hydrogen-bond donors (Lipinski definition) is 1. The Morgan fingerprint density at radius 1 is 1.55 bits per heavy atom. The topological polar surface area (TPSA) is 37.3 Å². The van der Waals surface area contributed by atoms with Crippen LogP contribution in [0, 0.1) is 0 Å². The predicted octanol–water partition coefficient (Wildman–Crippen LogP) is 0.989. The van der Waals surface area contributed by atoms with Crippen LogP contribution in [0.5, 0.6) is 0 Å². The molecule has 1 unspecified atom stereocenters. The number of Topliss-reactive ketones (excluding diaryl/α,β-unsaturated/α-hetero) is 1. The molecule has 0 saturated carbocycles. The van der Waals surface area contributed by atoms with Crippen LogP contribution in [0.3, 0.4) is 0 Å². The maximum Gasteiger partial charge on any atom is 0.159 e. The zero-order valence-corrected chi connectivity index (χ0v) is 6.32. The summed E-state index contributed by atoms with van der Waals surface area (Å²) in [7, 11) is 0. The van der Waals surface area contributed by atoms with Crippen molar-refractivity contribution in [2.45, 2.75) is 13.0 Å². The van der Waals surface area contributed by atoms with E-state index in [9.17, 15) is 4.79 Å². The van der Waals surface area contributed by atoms with Crippen molar-refractivity contribution in [1.29, 1.82) is 0 Å². The molecule has 0 aromatic heterocycles. The maximum atomic E-state index is 10.8. The summed E-state index contributed by atoms with van der Waals surface area (Å²) in [6, 6.07) is 0. The third-order valence-corrected chi connectivity index (χ3v) is 1.46. The molecule has 1 N–H and O–H groups in total. The standard InChI is InChI=1S/C9H10O2/c1-7(10)8-3-2-4-9(11)6-5-8/h2-6,9,11H,1H3. The second kappa shape index (κ2) is 3.30. The van der Waals surface area contributed by atoms with Crippen LogP contribution >= 0.6 is 0 Å². The van der Waals surface area contributed by atoms with E-state index in [1.165, 1.54) is 6.92 Å².